The van der Waals surface area contributed by atoms with Gasteiger partial charge in [-0.2, -0.15) is 0 Å². The molecule has 4 aromatic rings. The highest BCUT2D eigenvalue weighted by Crippen LogP contribution is 2.33. The van der Waals surface area contributed by atoms with Gasteiger partial charge >= 0.3 is 5.97 Å². The minimum Gasteiger partial charge on any atom is -0.489 e. The summed E-state index contributed by atoms with van der Waals surface area (Å²) in [6.07, 6.45) is 1.78. The van der Waals surface area contributed by atoms with Crippen molar-refractivity contribution in [1.82, 2.24) is 4.57 Å². The second-order valence-electron chi connectivity index (χ2n) is 8.60. The van der Waals surface area contributed by atoms with Gasteiger partial charge in [0, 0.05) is 17.0 Å². The van der Waals surface area contributed by atoms with E-state index in [1.165, 1.54) is 34.8 Å². The third-order valence-electron chi connectivity index (χ3n) is 6.04. The summed E-state index contributed by atoms with van der Waals surface area (Å²) in [5.41, 5.74) is 2.22. The van der Waals surface area contributed by atoms with Crippen LogP contribution in [-0.2, 0) is 16.1 Å². The number of nitrogens with zero attached hydrogens (tertiary/aromatic N) is 3. The number of rotatable bonds is 8. The summed E-state index contributed by atoms with van der Waals surface area (Å²) in [6, 6.07) is 16.7. The van der Waals surface area contributed by atoms with Crippen molar-refractivity contribution >= 4 is 40.4 Å². The van der Waals surface area contributed by atoms with E-state index in [1.54, 1.807) is 42.7 Å². The first-order valence-electron chi connectivity index (χ1n) is 12.0. The number of benzene rings is 2. The van der Waals surface area contributed by atoms with Gasteiger partial charge < -0.3 is 9.47 Å². The van der Waals surface area contributed by atoms with E-state index in [0.717, 1.165) is 16.0 Å². The molecule has 0 unspecified atom stereocenters. The Morgan fingerprint density at radius 3 is 2.67 bits per heavy atom. The van der Waals surface area contributed by atoms with Crippen LogP contribution in [0.5, 0.6) is 5.75 Å². The molecule has 0 saturated heterocycles. The van der Waals surface area contributed by atoms with E-state index in [1.807, 2.05) is 35.7 Å². The van der Waals surface area contributed by atoms with Gasteiger partial charge in [0.2, 0.25) is 0 Å². The molecule has 0 aliphatic carbocycles. The maximum atomic E-state index is 13.7. The number of esters is 1. The predicted molar refractivity (Wildman–Crippen MR) is 149 cm³/mol. The van der Waals surface area contributed by atoms with Crippen LogP contribution < -0.4 is 19.6 Å². The number of allylic oxidation sites excluding steroid dienone is 1. The Hall–Kier alpha value is -4.35. The average molecular weight is 562 g/mol. The Labute approximate surface area is 230 Å². The lowest BCUT2D eigenvalue weighted by Gasteiger charge is -2.23. The van der Waals surface area contributed by atoms with Crippen LogP contribution >= 0.6 is 22.7 Å². The molecule has 0 saturated carbocycles. The van der Waals surface area contributed by atoms with E-state index in [0.29, 0.717) is 26.4 Å². The van der Waals surface area contributed by atoms with Crippen molar-refractivity contribution in [2.75, 3.05) is 6.61 Å². The number of carbonyl (C=O) groups excluding carboxylic acids is 1. The van der Waals surface area contributed by atoms with Gasteiger partial charge in [0.15, 0.2) is 4.80 Å². The molecule has 11 heteroatoms. The van der Waals surface area contributed by atoms with Gasteiger partial charge in [-0.3, -0.25) is 19.5 Å². The van der Waals surface area contributed by atoms with Gasteiger partial charge in [0.25, 0.3) is 11.2 Å². The van der Waals surface area contributed by atoms with Gasteiger partial charge in [0.1, 0.15) is 18.4 Å². The number of non-ortho nitro benzene ring substituents is 1. The summed E-state index contributed by atoms with van der Waals surface area (Å²) in [7, 11) is 0. The number of fused-ring (bicyclic) bond motifs is 1. The second kappa shape index (κ2) is 11.2. The molecule has 0 bridgehead atoms. The van der Waals surface area contributed by atoms with E-state index < -0.39 is 16.9 Å². The molecule has 2 aromatic carbocycles. The van der Waals surface area contributed by atoms with Crippen LogP contribution in [0.2, 0.25) is 0 Å². The summed E-state index contributed by atoms with van der Waals surface area (Å²) < 4.78 is 13.2. The van der Waals surface area contributed by atoms with Crippen LogP contribution in [0.4, 0.5) is 5.69 Å². The van der Waals surface area contributed by atoms with Crippen molar-refractivity contribution in [2.45, 2.75) is 26.5 Å². The quantitative estimate of drug-likeness (QED) is 0.180. The molecule has 2 aromatic heterocycles. The molecular weight excluding hydrogens is 538 g/mol. The molecule has 1 aliphatic rings. The lowest BCUT2D eigenvalue weighted by molar-refractivity contribution is -0.384. The highest BCUT2D eigenvalue weighted by Gasteiger charge is 2.33. The van der Waals surface area contributed by atoms with Crippen LogP contribution in [0.15, 0.2) is 87.1 Å². The van der Waals surface area contributed by atoms with Crippen LogP contribution in [0, 0.1) is 10.1 Å². The fraction of sp³-hybridized carbons (Fsp3) is 0.179. The molecule has 198 valence electrons. The summed E-state index contributed by atoms with van der Waals surface area (Å²) in [5.74, 6) is 0.107. The topological polar surface area (TPSA) is 113 Å². The fourth-order valence-corrected chi connectivity index (χ4v) is 6.10. The van der Waals surface area contributed by atoms with Gasteiger partial charge in [-0.1, -0.05) is 29.5 Å². The summed E-state index contributed by atoms with van der Waals surface area (Å²) in [6.45, 7) is 3.96. The Morgan fingerprint density at radius 1 is 1.18 bits per heavy atom. The number of thiazole rings is 1. The maximum Gasteiger partial charge on any atom is 0.338 e. The fourth-order valence-electron chi connectivity index (χ4n) is 4.23. The number of carbonyl (C=O) groups is 1. The summed E-state index contributed by atoms with van der Waals surface area (Å²) >= 11 is 2.72. The first-order valence-corrected chi connectivity index (χ1v) is 13.7. The number of nitro benzene ring substituents is 1. The number of hydrogen-bond acceptors (Lipinski definition) is 9. The highest BCUT2D eigenvalue weighted by molar-refractivity contribution is 7.10. The first kappa shape index (κ1) is 26.3. The number of aromatic nitrogens is 1. The molecule has 0 N–H and O–H groups in total. The maximum absolute atomic E-state index is 13.7. The van der Waals surface area contributed by atoms with Crippen LogP contribution in [0.25, 0.3) is 6.08 Å². The van der Waals surface area contributed by atoms with E-state index in [2.05, 4.69) is 4.99 Å². The van der Waals surface area contributed by atoms with Crippen molar-refractivity contribution < 1.29 is 19.2 Å². The van der Waals surface area contributed by atoms with E-state index in [4.69, 9.17) is 9.47 Å². The Kier molecular flexibility index (Phi) is 7.53. The van der Waals surface area contributed by atoms with E-state index in [-0.39, 0.29) is 24.5 Å². The smallest absolute Gasteiger partial charge is 0.338 e. The molecular formula is C28H23N3O6S2. The zero-order chi connectivity index (χ0) is 27.5. The zero-order valence-corrected chi connectivity index (χ0v) is 22.7. The van der Waals surface area contributed by atoms with Crippen molar-refractivity contribution in [3.63, 3.8) is 0 Å². The SMILES string of the molecule is CCOC(=O)C1=C(C)N=c2s/c(=C/c3cccc(OCc4ccc([N+](=O)[O-])cc4)c3)c(=O)n2[C@H]1c1cccs1. The van der Waals surface area contributed by atoms with Gasteiger partial charge in [0.05, 0.1) is 27.3 Å². The molecule has 1 atom stereocenters. The van der Waals surface area contributed by atoms with Gasteiger partial charge in [-0.25, -0.2) is 9.79 Å². The third-order valence-corrected chi connectivity index (χ3v) is 7.95. The Morgan fingerprint density at radius 2 is 1.97 bits per heavy atom. The molecule has 9 nitrogen and oxygen atoms in total. The molecule has 3 heterocycles. The van der Waals surface area contributed by atoms with Crippen LogP contribution in [-0.4, -0.2) is 22.1 Å². The van der Waals surface area contributed by atoms with Crippen molar-refractivity contribution in [2.24, 2.45) is 4.99 Å². The minimum atomic E-state index is -0.612. The second-order valence-corrected chi connectivity index (χ2v) is 10.6. The molecule has 5 rings (SSSR count). The Balaban J connectivity index is 1.47. The van der Waals surface area contributed by atoms with Crippen LogP contribution in [0.1, 0.15) is 35.9 Å². The predicted octanol–water partition coefficient (Wildman–Crippen LogP) is 4.35. The molecule has 0 spiro atoms. The van der Waals surface area contributed by atoms with Gasteiger partial charge in [-0.15, -0.1) is 11.3 Å². The normalized spacial score (nSPS) is 15.0. The van der Waals surface area contributed by atoms with E-state index >= 15 is 0 Å². The van der Waals surface area contributed by atoms with Gasteiger partial charge in [-0.05, 0) is 66.8 Å². The Bertz CT molecular complexity index is 1750. The monoisotopic (exact) mass is 561 g/mol. The molecule has 0 amide bonds. The average Bonchev–Trinajstić information content (AvgIpc) is 3.56. The number of ether oxygens (including phenoxy) is 2. The molecule has 39 heavy (non-hydrogen) atoms. The lowest BCUT2D eigenvalue weighted by Crippen LogP contribution is -2.39. The van der Waals surface area contributed by atoms with Crippen molar-refractivity contribution in [3.8, 4) is 5.75 Å². The van der Waals surface area contributed by atoms with Crippen molar-refractivity contribution in [3.05, 3.63) is 123 Å². The number of nitro groups is 1. The summed E-state index contributed by atoms with van der Waals surface area (Å²) in [4.78, 5) is 42.9. The standard InChI is InChI=1S/C28H23N3O6S2/c1-3-36-27(33)24-17(2)29-28-30(25(24)22-8-5-13-38-22)26(32)23(39-28)15-19-6-4-7-21(14-19)37-16-18-9-11-20(12-10-18)31(34)35/h4-15,25H,3,16H2,1-2H3/b23-15+/t25-/m0/s1. The zero-order valence-electron chi connectivity index (χ0n) is 21.0. The minimum absolute atomic E-state index is 0.0214. The highest BCUT2D eigenvalue weighted by atomic mass is 32.1. The van der Waals surface area contributed by atoms with Crippen molar-refractivity contribution in [1.29, 1.82) is 0 Å². The van der Waals surface area contributed by atoms with Crippen LogP contribution in [0.3, 0.4) is 0 Å². The third kappa shape index (κ3) is 5.45. The lowest BCUT2D eigenvalue weighted by atomic mass is 10.0. The largest absolute Gasteiger partial charge is 0.489 e. The number of thiophene rings is 1. The first-order chi connectivity index (χ1) is 18.9. The summed E-state index contributed by atoms with van der Waals surface area (Å²) in [5, 5.41) is 12.8. The number of hydrogen-bond donors (Lipinski definition) is 0. The molecule has 1 aliphatic heterocycles. The molecule has 0 fully saturated rings. The van der Waals surface area contributed by atoms with E-state index in [9.17, 15) is 19.7 Å². The molecule has 0 radical (unpaired) electrons.